The summed E-state index contributed by atoms with van der Waals surface area (Å²) in [4.78, 5) is 26.0. The highest BCUT2D eigenvalue weighted by Gasteiger charge is 2.17. The fourth-order valence-corrected chi connectivity index (χ4v) is 2.59. The SMILES string of the molecule is O=C(O)C(=O)c1ccc(OCCCCc2cccnc2)s1. The second-order valence-electron chi connectivity index (χ2n) is 4.42. The summed E-state index contributed by atoms with van der Waals surface area (Å²) in [5.74, 6) is -2.34. The Bertz CT molecular complexity index is 609. The largest absolute Gasteiger partial charge is 0.484 e. The van der Waals surface area contributed by atoms with Crippen LogP contribution < -0.4 is 4.74 Å². The molecule has 0 aliphatic carbocycles. The number of ether oxygens (including phenoxy) is 1. The predicted molar refractivity (Wildman–Crippen MR) is 79.0 cm³/mol. The smallest absolute Gasteiger partial charge is 0.378 e. The van der Waals surface area contributed by atoms with E-state index < -0.39 is 11.8 Å². The average molecular weight is 305 g/mol. The molecule has 2 aromatic rings. The first kappa shape index (κ1) is 15.2. The van der Waals surface area contributed by atoms with Crippen molar-refractivity contribution in [1.82, 2.24) is 4.98 Å². The molecule has 21 heavy (non-hydrogen) atoms. The number of rotatable bonds is 8. The number of nitrogens with zero attached hydrogens (tertiary/aromatic N) is 1. The number of carbonyl (C=O) groups excluding carboxylic acids is 1. The van der Waals surface area contributed by atoms with Gasteiger partial charge in [0.1, 0.15) is 0 Å². The van der Waals surface area contributed by atoms with E-state index in [0.29, 0.717) is 11.7 Å². The Morgan fingerprint density at radius 1 is 1.24 bits per heavy atom. The van der Waals surface area contributed by atoms with Crippen LogP contribution in [-0.4, -0.2) is 28.4 Å². The number of Topliss-reactive ketones (excluding diaryl/α,β-unsaturated/α-hetero) is 1. The third-order valence-corrected chi connectivity index (χ3v) is 3.82. The van der Waals surface area contributed by atoms with Gasteiger partial charge in [-0.25, -0.2) is 4.79 Å². The Morgan fingerprint density at radius 2 is 2.10 bits per heavy atom. The van der Waals surface area contributed by atoms with Crippen molar-refractivity contribution in [2.75, 3.05) is 6.61 Å². The third-order valence-electron chi connectivity index (χ3n) is 2.83. The van der Waals surface area contributed by atoms with Crippen LogP contribution in [0.1, 0.15) is 28.1 Å². The van der Waals surface area contributed by atoms with Crippen molar-refractivity contribution < 1.29 is 19.4 Å². The molecule has 0 amide bonds. The molecule has 0 aromatic carbocycles. The molecule has 2 aromatic heterocycles. The molecule has 0 aliphatic heterocycles. The number of carboxylic acids is 1. The number of hydrogen-bond donors (Lipinski definition) is 1. The van der Waals surface area contributed by atoms with E-state index in [1.807, 2.05) is 18.3 Å². The highest BCUT2D eigenvalue weighted by atomic mass is 32.1. The number of thiophene rings is 1. The Labute approximate surface area is 126 Å². The summed E-state index contributed by atoms with van der Waals surface area (Å²) in [6.07, 6.45) is 6.42. The average Bonchev–Trinajstić information content (AvgIpc) is 2.96. The molecule has 0 bridgehead atoms. The van der Waals surface area contributed by atoms with Gasteiger partial charge in [0, 0.05) is 12.4 Å². The van der Waals surface area contributed by atoms with Gasteiger partial charge in [-0.3, -0.25) is 9.78 Å². The number of pyridine rings is 1. The van der Waals surface area contributed by atoms with Crippen molar-refractivity contribution in [2.24, 2.45) is 0 Å². The molecule has 0 spiro atoms. The number of aromatic nitrogens is 1. The van der Waals surface area contributed by atoms with Crippen molar-refractivity contribution in [2.45, 2.75) is 19.3 Å². The van der Waals surface area contributed by atoms with E-state index in [4.69, 9.17) is 9.84 Å². The van der Waals surface area contributed by atoms with Crippen molar-refractivity contribution >= 4 is 23.1 Å². The molecule has 0 saturated heterocycles. The van der Waals surface area contributed by atoms with Crippen molar-refractivity contribution in [1.29, 1.82) is 0 Å². The standard InChI is InChI=1S/C15H15NO4S/c17-14(15(18)19)12-6-7-13(21-12)20-9-2-1-4-11-5-3-8-16-10-11/h3,5-8,10H,1-2,4,9H2,(H,18,19). The first-order chi connectivity index (χ1) is 10.2. The molecule has 2 heterocycles. The van der Waals surface area contributed by atoms with Gasteiger partial charge in [-0.15, -0.1) is 0 Å². The van der Waals surface area contributed by atoms with Gasteiger partial charge in [-0.2, -0.15) is 0 Å². The molecule has 0 fully saturated rings. The van der Waals surface area contributed by atoms with Crippen molar-refractivity contribution in [3.05, 3.63) is 47.1 Å². The Kier molecular flexibility index (Phi) is 5.45. The van der Waals surface area contributed by atoms with Crippen LogP contribution in [0.3, 0.4) is 0 Å². The Balaban J connectivity index is 1.69. The Morgan fingerprint density at radius 3 is 2.81 bits per heavy atom. The zero-order valence-corrected chi connectivity index (χ0v) is 12.1. The van der Waals surface area contributed by atoms with Crippen LogP contribution in [0.25, 0.3) is 0 Å². The van der Waals surface area contributed by atoms with Crippen molar-refractivity contribution in [3.8, 4) is 5.06 Å². The summed E-state index contributed by atoms with van der Waals surface area (Å²) < 4.78 is 5.51. The van der Waals surface area contributed by atoms with Gasteiger partial charge in [0.25, 0.3) is 5.78 Å². The van der Waals surface area contributed by atoms with E-state index in [9.17, 15) is 9.59 Å². The van der Waals surface area contributed by atoms with Crippen LogP contribution in [0.5, 0.6) is 5.06 Å². The maximum Gasteiger partial charge on any atom is 0.378 e. The van der Waals surface area contributed by atoms with E-state index >= 15 is 0 Å². The molecule has 0 atom stereocenters. The number of carboxylic acid groups (broad SMARTS) is 1. The molecule has 2 rings (SSSR count). The summed E-state index contributed by atoms with van der Waals surface area (Å²) in [6.45, 7) is 0.543. The molecular formula is C15H15NO4S. The van der Waals surface area contributed by atoms with E-state index in [0.717, 1.165) is 30.6 Å². The van der Waals surface area contributed by atoms with Gasteiger partial charge in [0.05, 0.1) is 11.5 Å². The van der Waals surface area contributed by atoms with E-state index in [1.165, 1.54) is 11.6 Å². The fraction of sp³-hybridized carbons (Fsp3) is 0.267. The van der Waals surface area contributed by atoms with Gasteiger partial charge in [0.2, 0.25) is 0 Å². The van der Waals surface area contributed by atoms with E-state index in [1.54, 1.807) is 12.3 Å². The second-order valence-corrected chi connectivity index (χ2v) is 5.47. The molecule has 0 aliphatic rings. The minimum absolute atomic E-state index is 0.188. The van der Waals surface area contributed by atoms with E-state index in [2.05, 4.69) is 4.98 Å². The zero-order valence-electron chi connectivity index (χ0n) is 11.3. The topological polar surface area (TPSA) is 76.5 Å². The Hall–Kier alpha value is -2.21. The summed E-state index contributed by atoms with van der Waals surface area (Å²) in [6, 6.07) is 7.06. The fourth-order valence-electron chi connectivity index (χ4n) is 1.78. The van der Waals surface area contributed by atoms with Crippen LogP contribution in [-0.2, 0) is 11.2 Å². The molecule has 110 valence electrons. The molecule has 5 nitrogen and oxygen atoms in total. The van der Waals surface area contributed by atoms with Crippen LogP contribution in [0.4, 0.5) is 0 Å². The first-order valence-corrected chi connectivity index (χ1v) is 7.37. The quantitative estimate of drug-likeness (QED) is 0.461. The molecule has 6 heteroatoms. The van der Waals surface area contributed by atoms with Crippen LogP contribution in [0.2, 0.25) is 0 Å². The van der Waals surface area contributed by atoms with Gasteiger partial charge in [0.15, 0.2) is 5.06 Å². The minimum Gasteiger partial charge on any atom is -0.484 e. The number of ketones is 1. The molecule has 0 saturated carbocycles. The summed E-state index contributed by atoms with van der Waals surface area (Å²) in [5.41, 5.74) is 1.20. The van der Waals surface area contributed by atoms with Crippen LogP contribution in [0.15, 0.2) is 36.7 Å². The number of carbonyl (C=O) groups is 2. The first-order valence-electron chi connectivity index (χ1n) is 6.56. The van der Waals surface area contributed by atoms with E-state index in [-0.39, 0.29) is 4.88 Å². The maximum absolute atomic E-state index is 11.2. The summed E-state index contributed by atoms with van der Waals surface area (Å²) in [7, 11) is 0. The predicted octanol–water partition coefficient (Wildman–Crippen LogP) is 2.81. The lowest BCUT2D eigenvalue weighted by atomic mass is 10.1. The van der Waals surface area contributed by atoms with Crippen LogP contribution >= 0.6 is 11.3 Å². The summed E-state index contributed by atoms with van der Waals surface area (Å²) >= 11 is 1.06. The number of unbranched alkanes of at least 4 members (excludes halogenated alkanes) is 1. The molecule has 1 N–H and O–H groups in total. The number of aliphatic carboxylic acids is 1. The second kappa shape index (κ2) is 7.54. The lowest BCUT2D eigenvalue weighted by Crippen LogP contribution is -2.10. The third kappa shape index (κ3) is 4.68. The number of aryl methyl sites for hydroxylation is 1. The van der Waals surface area contributed by atoms with Gasteiger partial charge in [-0.05, 0) is 43.0 Å². The van der Waals surface area contributed by atoms with Gasteiger partial charge < -0.3 is 9.84 Å². The molecule has 0 radical (unpaired) electrons. The number of hydrogen-bond acceptors (Lipinski definition) is 5. The zero-order chi connectivity index (χ0) is 15.1. The normalized spacial score (nSPS) is 10.3. The van der Waals surface area contributed by atoms with Crippen LogP contribution in [0, 0.1) is 0 Å². The highest BCUT2D eigenvalue weighted by Crippen LogP contribution is 2.25. The monoisotopic (exact) mass is 305 g/mol. The highest BCUT2D eigenvalue weighted by molar-refractivity contribution is 7.16. The van der Waals surface area contributed by atoms with Crippen molar-refractivity contribution in [3.63, 3.8) is 0 Å². The molecule has 0 unspecified atom stereocenters. The lowest BCUT2D eigenvalue weighted by Gasteiger charge is -2.03. The van der Waals surface area contributed by atoms with Gasteiger partial charge >= 0.3 is 5.97 Å². The minimum atomic E-state index is -1.44. The lowest BCUT2D eigenvalue weighted by molar-refractivity contribution is -0.131. The molecular weight excluding hydrogens is 290 g/mol. The van der Waals surface area contributed by atoms with Gasteiger partial charge in [-0.1, -0.05) is 17.4 Å². The maximum atomic E-state index is 11.2. The summed E-state index contributed by atoms with van der Waals surface area (Å²) in [5, 5.41) is 9.18.